The van der Waals surface area contributed by atoms with Crippen LogP contribution in [0.1, 0.15) is 0 Å². The van der Waals surface area contributed by atoms with Crippen LogP contribution in [0, 0.1) is 0 Å². The third kappa shape index (κ3) is 3.91. The molecule has 0 fully saturated rings. The highest BCUT2D eigenvalue weighted by molar-refractivity contribution is 7.99. The van der Waals surface area contributed by atoms with Crippen LogP contribution in [0.3, 0.4) is 0 Å². The van der Waals surface area contributed by atoms with E-state index in [4.69, 9.17) is 5.84 Å². The van der Waals surface area contributed by atoms with Gasteiger partial charge in [-0.05, 0) is 14.1 Å². The largest absolute Gasteiger partial charge is 0.309 e. The van der Waals surface area contributed by atoms with Crippen molar-refractivity contribution in [3.63, 3.8) is 0 Å². The first-order valence-electron chi connectivity index (χ1n) is 4.28. The van der Waals surface area contributed by atoms with Crippen molar-refractivity contribution in [3.8, 4) is 0 Å². The van der Waals surface area contributed by atoms with Crippen LogP contribution in [0.5, 0.6) is 0 Å². The molecule has 1 heterocycles. The Kier molecular flexibility index (Phi) is 4.64. The van der Waals surface area contributed by atoms with Gasteiger partial charge in [0.1, 0.15) is 5.03 Å². The molecule has 0 atom stereocenters. The maximum Gasteiger partial charge on any atom is 0.159 e. The monoisotopic (exact) mass is 213 g/mol. The molecule has 6 heteroatoms. The molecule has 0 saturated carbocycles. The summed E-state index contributed by atoms with van der Waals surface area (Å²) in [6.45, 7) is 1.02. The summed E-state index contributed by atoms with van der Waals surface area (Å²) in [5.74, 6) is 6.82. The number of nitrogens with one attached hydrogen (secondary N) is 1. The summed E-state index contributed by atoms with van der Waals surface area (Å²) in [7, 11) is 4.09. The molecule has 0 saturated heterocycles. The molecule has 0 amide bonds. The summed E-state index contributed by atoms with van der Waals surface area (Å²) in [6.07, 6.45) is 3.33. The normalized spacial score (nSPS) is 10.6. The van der Waals surface area contributed by atoms with Gasteiger partial charge in [-0.3, -0.25) is 4.98 Å². The Morgan fingerprint density at radius 3 is 2.93 bits per heavy atom. The zero-order valence-corrected chi connectivity index (χ0v) is 9.21. The van der Waals surface area contributed by atoms with Crippen LogP contribution in [-0.4, -0.2) is 41.3 Å². The van der Waals surface area contributed by atoms with Gasteiger partial charge in [0.15, 0.2) is 5.82 Å². The average molecular weight is 213 g/mol. The smallest absolute Gasteiger partial charge is 0.159 e. The molecule has 1 aromatic rings. The molecule has 0 aliphatic heterocycles. The second kappa shape index (κ2) is 5.79. The Hall–Kier alpha value is -0.850. The molecule has 5 nitrogen and oxygen atoms in total. The quantitative estimate of drug-likeness (QED) is 0.420. The fourth-order valence-electron chi connectivity index (χ4n) is 0.820. The Morgan fingerprint density at radius 2 is 2.29 bits per heavy atom. The average Bonchev–Trinajstić information content (AvgIpc) is 2.18. The maximum atomic E-state index is 5.23. The van der Waals surface area contributed by atoms with Crippen LogP contribution in [0.15, 0.2) is 17.4 Å². The summed E-state index contributed by atoms with van der Waals surface area (Å²) in [5.41, 5.74) is 2.47. The number of thioether (sulfide) groups is 1. The minimum absolute atomic E-state index is 0.597. The lowest BCUT2D eigenvalue weighted by molar-refractivity contribution is 0.437. The highest BCUT2D eigenvalue weighted by Crippen LogP contribution is 2.14. The fourth-order valence-corrected chi connectivity index (χ4v) is 1.78. The Labute approximate surface area is 88.1 Å². The van der Waals surface area contributed by atoms with Gasteiger partial charge >= 0.3 is 0 Å². The van der Waals surface area contributed by atoms with Crippen LogP contribution in [0.2, 0.25) is 0 Å². The number of anilines is 1. The van der Waals surface area contributed by atoms with Crippen molar-refractivity contribution >= 4 is 17.6 Å². The highest BCUT2D eigenvalue weighted by Gasteiger charge is 1.98. The summed E-state index contributed by atoms with van der Waals surface area (Å²) in [6, 6.07) is 0. The van der Waals surface area contributed by atoms with E-state index in [1.54, 1.807) is 24.2 Å². The fraction of sp³-hybridized carbons (Fsp3) is 0.500. The van der Waals surface area contributed by atoms with E-state index in [0.717, 1.165) is 17.3 Å². The lowest BCUT2D eigenvalue weighted by Gasteiger charge is -2.08. The van der Waals surface area contributed by atoms with E-state index in [9.17, 15) is 0 Å². The van der Waals surface area contributed by atoms with E-state index >= 15 is 0 Å². The van der Waals surface area contributed by atoms with Crippen LogP contribution < -0.4 is 11.3 Å². The number of hydrazine groups is 1. The topological polar surface area (TPSA) is 67.1 Å². The van der Waals surface area contributed by atoms with Crippen molar-refractivity contribution in [3.05, 3.63) is 12.4 Å². The summed E-state index contributed by atoms with van der Waals surface area (Å²) in [5, 5.41) is 0.891. The Bertz CT molecular complexity index is 278. The van der Waals surface area contributed by atoms with E-state index in [2.05, 4.69) is 20.3 Å². The molecule has 0 spiro atoms. The lowest BCUT2D eigenvalue weighted by atomic mass is 10.7. The molecule has 0 aromatic carbocycles. The number of nitrogens with zero attached hydrogens (tertiary/aromatic N) is 3. The first kappa shape index (κ1) is 11.2. The molecule has 0 unspecified atom stereocenters. The number of nitrogens with two attached hydrogens (primary N) is 1. The van der Waals surface area contributed by atoms with Gasteiger partial charge in [-0.15, -0.1) is 11.8 Å². The molecule has 0 bridgehead atoms. The standard InChI is InChI=1S/C8H15N5S/c1-13(2)3-4-14-8-6-10-5-7(11-8)12-9/h5-6H,3-4,9H2,1-2H3,(H,11,12). The minimum atomic E-state index is 0.597. The second-order valence-corrected chi connectivity index (χ2v) is 4.15. The van der Waals surface area contributed by atoms with Crippen LogP contribution >= 0.6 is 11.8 Å². The van der Waals surface area contributed by atoms with Crippen molar-refractivity contribution in [2.45, 2.75) is 5.03 Å². The number of rotatable bonds is 5. The van der Waals surface area contributed by atoms with Crippen molar-refractivity contribution in [1.29, 1.82) is 0 Å². The van der Waals surface area contributed by atoms with Gasteiger partial charge in [0.05, 0.1) is 12.4 Å². The second-order valence-electron chi connectivity index (χ2n) is 3.04. The molecule has 0 radical (unpaired) electrons. The summed E-state index contributed by atoms with van der Waals surface area (Å²) >= 11 is 1.67. The van der Waals surface area contributed by atoms with Gasteiger partial charge < -0.3 is 10.3 Å². The zero-order chi connectivity index (χ0) is 10.4. The zero-order valence-electron chi connectivity index (χ0n) is 8.40. The van der Waals surface area contributed by atoms with Gasteiger partial charge in [-0.1, -0.05) is 0 Å². The van der Waals surface area contributed by atoms with Gasteiger partial charge in [0, 0.05) is 12.3 Å². The number of nitrogen functional groups attached to an aromatic ring is 1. The van der Waals surface area contributed by atoms with E-state index in [1.165, 1.54) is 0 Å². The predicted molar refractivity (Wildman–Crippen MR) is 59.1 cm³/mol. The lowest BCUT2D eigenvalue weighted by Crippen LogP contribution is -2.15. The first-order valence-corrected chi connectivity index (χ1v) is 5.27. The molecule has 14 heavy (non-hydrogen) atoms. The number of hydrogen-bond acceptors (Lipinski definition) is 6. The first-order chi connectivity index (χ1) is 6.72. The van der Waals surface area contributed by atoms with E-state index < -0.39 is 0 Å². The third-order valence-electron chi connectivity index (χ3n) is 1.55. The number of aromatic nitrogens is 2. The summed E-state index contributed by atoms with van der Waals surface area (Å²) in [4.78, 5) is 10.4. The van der Waals surface area contributed by atoms with Crippen molar-refractivity contribution in [2.24, 2.45) is 5.84 Å². The van der Waals surface area contributed by atoms with Crippen molar-refractivity contribution in [1.82, 2.24) is 14.9 Å². The van der Waals surface area contributed by atoms with Crippen molar-refractivity contribution in [2.75, 3.05) is 31.8 Å². The van der Waals surface area contributed by atoms with E-state index in [0.29, 0.717) is 5.82 Å². The van der Waals surface area contributed by atoms with Gasteiger partial charge in [-0.25, -0.2) is 10.8 Å². The molecular formula is C8H15N5S. The van der Waals surface area contributed by atoms with Gasteiger partial charge in [0.25, 0.3) is 0 Å². The Balaban J connectivity index is 2.42. The summed E-state index contributed by atoms with van der Waals surface area (Å²) < 4.78 is 0. The molecule has 0 aliphatic carbocycles. The molecule has 3 N–H and O–H groups in total. The molecule has 1 rings (SSSR count). The van der Waals surface area contributed by atoms with Gasteiger partial charge in [0.2, 0.25) is 0 Å². The minimum Gasteiger partial charge on any atom is -0.309 e. The molecule has 78 valence electrons. The molecular weight excluding hydrogens is 198 g/mol. The number of hydrogen-bond donors (Lipinski definition) is 2. The van der Waals surface area contributed by atoms with Gasteiger partial charge in [-0.2, -0.15) is 0 Å². The van der Waals surface area contributed by atoms with Crippen LogP contribution in [0.25, 0.3) is 0 Å². The predicted octanol–water partition coefficient (Wildman–Crippen LogP) is 0.416. The SMILES string of the molecule is CN(C)CCSc1cncc(NN)n1. The third-order valence-corrected chi connectivity index (χ3v) is 2.43. The van der Waals surface area contributed by atoms with E-state index in [1.807, 2.05) is 14.1 Å². The highest BCUT2D eigenvalue weighted by atomic mass is 32.2. The maximum absolute atomic E-state index is 5.23. The molecule has 1 aromatic heterocycles. The van der Waals surface area contributed by atoms with Crippen LogP contribution in [-0.2, 0) is 0 Å². The Morgan fingerprint density at radius 1 is 1.50 bits per heavy atom. The van der Waals surface area contributed by atoms with E-state index in [-0.39, 0.29) is 0 Å². The van der Waals surface area contributed by atoms with Crippen molar-refractivity contribution < 1.29 is 0 Å². The van der Waals surface area contributed by atoms with Crippen LogP contribution in [0.4, 0.5) is 5.82 Å². The molecule has 0 aliphatic rings.